The number of para-hydroxylation sites is 1. The number of nitro benzene ring substituents is 1. The van der Waals surface area contributed by atoms with Gasteiger partial charge < -0.3 is 4.42 Å². The van der Waals surface area contributed by atoms with E-state index < -0.39 is 4.92 Å². The maximum absolute atomic E-state index is 11.9. The Balaban J connectivity index is 1.63. The van der Waals surface area contributed by atoms with Gasteiger partial charge in [-0.3, -0.25) is 14.9 Å². The summed E-state index contributed by atoms with van der Waals surface area (Å²) in [5, 5.41) is 15.0. The van der Waals surface area contributed by atoms with E-state index in [2.05, 4.69) is 26.5 Å². The lowest BCUT2D eigenvalue weighted by atomic mass is 10.1. The Kier molecular flexibility index (Phi) is 5.77. The molecule has 7 nitrogen and oxygen atoms in total. The Labute approximate surface area is 163 Å². The van der Waals surface area contributed by atoms with Gasteiger partial charge in [0.05, 0.1) is 23.1 Å². The summed E-state index contributed by atoms with van der Waals surface area (Å²) >= 11 is 3.34. The second-order valence-corrected chi connectivity index (χ2v) is 6.49. The van der Waals surface area contributed by atoms with Crippen molar-refractivity contribution in [3.63, 3.8) is 0 Å². The lowest BCUT2D eigenvalue weighted by Crippen LogP contribution is -2.19. The first-order valence-electron chi connectivity index (χ1n) is 7.93. The third-order valence-corrected chi connectivity index (χ3v) is 4.18. The smallest absolute Gasteiger partial charge is 0.280 e. The van der Waals surface area contributed by atoms with Gasteiger partial charge in [0.25, 0.3) is 5.69 Å². The van der Waals surface area contributed by atoms with Crippen LogP contribution in [0.3, 0.4) is 0 Å². The number of hydrogen-bond acceptors (Lipinski definition) is 5. The summed E-state index contributed by atoms with van der Waals surface area (Å²) in [7, 11) is 0. The van der Waals surface area contributed by atoms with E-state index in [0.717, 1.165) is 10.0 Å². The molecule has 2 aromatic carbocycles. The number of amides is 1. The van der Waals surface area contributed by atoms with Gasteiger partial charge in [0, 0.05) is 10.5 Å². The lowest BCUT2D eigenvalue weighted by molar-refractivity contribution is -0.384. The molecule has 1 amide bonds. The highest BCUT2D eigenvalue weighted by molar-refractivity contribution is 9.10. The van der Waals surface area contributed by atoms with Crippen LogP contribution < -0.4 is 5.43 Å². The normalized spacial score (nSPS) is 10.9. The van der Waals surface area contributed by atoms with Crippen LogP contribution in [-0.2, 0) is 11.2 Å². The molecule has 0 unspecified atom stereocenters. The zero-order chi connectivity index (χ0) is 19.2. The van der Waals surface area contributed by atoms with E-state index in [1.807, 2.05) is 24.3 Å². The number of hydrazone groups is 1. The van der Waals surface area contributed by atoms with Crippen LogP contribution in [0.25, 0.3) is 11.3 Å². The van der Waals surface area contributed by atoms with Gasteiger partial charge in [0.2, 0.25) is 5.91 Å². The van der Waals surface area contributed by atoms with Crippen molar-refractivity contribution in [3.8, 4) is 11.3 Å². The first-order valence-corrected chi connectivity index (χ1v) is 8.72. The van der Waals surface area contributed by atoms with Crippen LogP contribution >= 0.6 is 15.9 Å². The molecule has 0 atom stereocenters. The van der Waals surface area contributed by atoms with Gasteiger partial charge in [-0.05, 0) is 35.9 Å². The van der Waals surface area contributed by atoms with Crippen molar-refractivity contribution in [2.24, 2.45) is 5.10 Å². The highest BCUT2D eigenvalue weighted by Crippen LogP contribution is 2.30. The molecular weight excluding hydrogens is 414 g/mol. The third-order valence-electron chi connectivity index (χ3n) is 3.65. The van der Waals surface area contributed by atoms with Crippen LogP contribution in [0.1, 0.15) is 11.3 Å². The Morgan fingerprint density at radius 1 is 1.15 bits per heavy atom. The van der Waals surface area contributed by atoms with Crippen molar-refractivity contribution in [2.75, 3.05) is 0 Å². The van der Waals surface area contributed by atoms with Crippen LogP contribution in [0.2, 0.25) is 0 Å². The Bertz CT molecular complexity index is 996. The van der Waals surface area contributed by atoms with Gasteiger partial charge in [-0.25, -0.2) is 5.43 Å². The summed E-state index contributed by atoms with van der Waals surface area (Å²) in [5.74, 6) is 0.455. The van der Waals surface area contributed by atoms with E-state index >= 15 is 0 Å². The fourth-order valence-electron chi connectivity index (χ4n) is 2.40. The predicted octanol–water partition coefficient (Wildman–Crippen LogP) is 4.31. The molecule has 0 saturated heterocycles. The summed E-state index contributed by atoms with van der Waals surface area (Å²) in [4.78, 5) is 22.5. The summed E-state index contributed by atoms with van der Waals surface area (Å²) in [6.07, 6.45) is 1.54. The molecule has 0 aliphatic heterocycles. The van der Waals surface area contributed by atoms with Crippen molar-refractivity contribution >= 4 is 33.7 Å². The van der Waals surface area contributed by atoms with E-state index in [1.165, 1.54) is 12.3 Å². The Hall–Kier alpha value is -3.26. The number of benzene rings is 2. The molecule has 1 heterocycles. The maximum Gasteiger partial charge on any atom is 0.280 e. The van der Waals surface area contributed by atoms with Crippen molar-refractivity contribution in [1.29, 1.82) is 0 Å². The summed E-state index contributed by atoms with van der Waals surface area (Å²) < 4.78 is 6.51. The van der Waals surface area contributed by atoms with Crippen LogP contribution in [0.4, 0.5) is 5.69 Å². The summed E-state index contributed by atoms with van der Waals surface area (Å²) in [5.41, 5.74) is 3.62. The molecule has 136 valence electrons. The number of rotatable bonds is 6. The molecule has 1 aromatic heterocycles. The highest BCUT2D eigenvalue weighted by atomic mass is 79.9. The van der Waals surface area contributed by atoms with Gasteiger partial charge in [-0.15, -0.1) is 0 Å². The number of carbonyl (C=O) groups excluding carboxylic acids is 1. The number of carbonyl (C=O) groups is 1. The molecule has 0 saturated carbocycles. The van der Waals surface area contributed by atoms with E-state index in [9.17, 15) is 14.9 Å². The standard InChI is InChI=1S/C19H14BrN3O4/c20-14-7-5-13(6-8-14)11-19(24)22-21-12-15-9-10-18(27-15)16-3-1-2-4-17(16)23(25)26/h1-10,12H,11H2,(H,22,24)/b21-12+. The molecule has 0 spiro atoms. The number of halogens is 1. The quantitative estimate of drug-likeness (QED) is 0.359. The minimum atomic E-state index is -0.464. The Morgan fingerprint density at radius 3 is 2.63 bits per heavy atom. The first-order chi connectivity index (χ1) is 13.0. The average Bonchev–Trinajstić information content (AvgIpc) is 3.12. The Morgan fingerprint density at radius 2 is 1.89 bits per heavy atom. The molecule has 0 bridgehead atoms. The molecule has 0 fully saturated rings. The number of nitrogens with zero attached hydrogens (tertiary/aromatic N) is 2. The van der Waals surface area contributed by atoms with Gasteiger partial charge in [-0.1, -0.05) is 40.2 Å². The largest absolute Gasteiger partial charge is 0.455 e. The van der Waals surface area contributed by atoms with Crippen molar-refractivity contribution in [3.05, 3.63) is 86.6 Å². The van der Waals surface area contributed by atoms with Crippen LogP contribution in [0.15, 0.2) is 74.7 Å². The molecular formula is C19H14BrN3O4. The van der Waals surface area contributed by atoms with E-state index in [-0.39, 0.29) is 18.0 Å². The van der Waals surface area contributed by atoms with Gasteiger partial charge in [0.1, 0.15) is 11.5 Å². The van der Waals surface area contributed by atoms with E-state index in [0.29, 0.717) is 17.1 Å². The van der Waals surface area contributed by atoms with Crippen molar-refractivity contribution < 1.29 is 14.1 Å². The molecule has 0 aliphatic rings. The number of nitrogens with one attached hydrogen (secondary N) is 1. The molecule has 0 radical (unpaired) electrons. The fraction of sp³-hybridized carbons (Fsp3) is 0.0526. The number of nitro groups is 1. The van der Waals surface area contributed by atoms with Crippen molar-refractivity contribution in [2.45, 2.75) is 6.42 Å². The molecule has 3 rings (SSSR count). The van der Waals surface area contributed by atoms with Gasteiger partial charge in [0.15, 0.2) is 0 Å². The second-order valence-electron chi connectivity index (χ2n) is 5.57. The molecule has 1 N–H and O–H groups in total. The predicted molar refractivity (Wildman–Crippen MR) is 104 cm³/mol. The van der Waals surface area contributed by atoms with Crippen LogP contribution in [0, 0.1) is 10.1 Å². The second kappa shape index (κ2) is 8.41. The highest BCUT2D eigenvalue weighted by Gasteiger charge is 2.16. The zero-order valence-corrected chi connectivity index (χ0v) is 15.5. The van der Waals surface area contributed by atoms with E-state index in [1.54, 1.807) is 30.3 Å². The average molecular weight is 428 g/mol. The van der Waals surface area contributed by atoms with E-state index in [4.69, 9.17) is 4.42 Å². The monoisotopic (exact) mass is 427 g/mol. The first kappa shape index (κ1) is 18.5. The minimum absolute atomic E-state index is 0.0434. The lowest BCUT2D eigenvalue weighted by Gasteiger charge is -2.00. The number of hydrogen-bond donors (Lipinski definition) is 1. The van der Waals surface area contributed by atoms with Gasteiger partial charge >= 0.3 is 0 Å². The zero-order valence-electron chi connectivity index (χ0n) is 14.0. The van der Waals surface area contributed by atoms with Gasteiger partial charge in [-0.2, -0.15) is 5.10 Å². The van der Waals surface area contributed by atoms with Crippen molar-refractivity contribution in [1.82, 2.24) is 5.43 Å². The molecule has 27 heavy (non-hydrogen) atoms. The molecule has 8 heteroatoms. The van der Waals surface area contributed by atoms with Crippen LogP contribution in [-0.4, -0.2) is 17.0 Å². The topological polar surface area (TPSA) is 97.7 Å². The molecule has 3 aromatic rings. The third kappa shape index (κ3) is 4.89. The SMILES string of the molecule is O=C(Cc1ccc(Br)cc1)N/N=C/c1ccc(-c2ccccc2[N+](=O)[O-])o1. The number of furan rings is 1. The van der Waals surface area contributed by atoms with Crippen LogP contribution in [0.5, 0.6) is 0 Å². The maximum atomic E-state index is 11.9. The summed E-state index contributed by atoms with van der Waals surface area (Å²) in [6, 6.07) is 17.0. The minimum Gasteiger partial charge on any atom is -0.455 e. The molecule has 0 aliphatic carbocycles. The fourth-order valence-corrected chi connectivity index (χ4v) is 2.67. The summed E-state index contributed by atoms with van der Waals surface area (Å²) in [6.45, 7) is 0.